The topological polar surface area (TPSA) is 29.5 Å². The van der Waals surface area contributed by atoms with Crippen molar-refractivity contribution in [2.24, 2.45) is 0 Å². The van der Waals surface area contributed by atoms with Crippen molar-refractivity contribution in [3.63, 3.8) is 0 Å². The van der Waals surface area contributed by atoms with Crippen LogP contribution >= 0.6 is 0 Å². The molecule has 1 aliphatic rings. The van der Waals surface area contributed by atoms with Crippen LogP contribution in [0.5, 0.6) is 0 Å². The van der Waals surface area contributed by atoms with E-state index < -0.39 is 0 Å². The molecule has 0 aromatic carbocycles. The van der Waals surface area contributed by atoms with E-state index in [4.69, 9.17) is 4.74 Å². The lowest BCUT2D eigenvalue weighted by atomic mass is 9.80. The van der Waals surface area contributed by atoms with Gasteiger partial charge in [-0.15, -0.1) is 0 Å². The van der Waals surface area contributed by atoms with E-state index in [1.807, 2.05) is 0 Å². The van der Waals surface area contributed by atoms with Crippen molar-refractivity contribution in [2.45, 2.75) is 58.0 Å². The lowest BCUT2D eigenvalue weighted by Crippen LogP contribution is -2.60. The molecule has 0 N–H and O–H groups in total. The summed E-state index contributed by atoms with van der Waals surface area (Å²) in [5, 5.41) is 0. The summed E-state index contributed by atoms with van der Waals surface area (Å²) in [6.07, 6.45) is 5.08. The van der Waals surface area contributed by atoms with Gasteiger partial charge < -0.3 is 4.74 Å². The first-order valence-corrected chi connectivity index (χ1v) is 6.34. The minimum absolute atomic E-state index is 0.0644. The second kappa shape index (κ2) is 5.21. The second-order valence-electron chi connectivity index (χ2n) is 6.04. The van der Waals surface area contributed by atoms with E-state index in [1.165, 1.54) is 6.42 Å². The summed E-state index contributed by atoms with van der Waals surface area (Å²) in [6, 6.07) is 0. The van der Waals surface area contributed by atoms with Gasteiger partial charge in [0.1, 0.15) is 6.61 Å². The van der Waals surface area contributed by atoms with Crippen LogP contribution in [-0.2, 0) is 9.53 Å². The molecule has 0 aliphatic carbocycles. The Labute approximate surface area is 105 Å². The summed E-state index contributed by atoms with van der Waals surface area (Å²) < 4.78 is 5.08. The molecular weight excluding hydrogens is 214 g/mol. The highest BCUT2D eigenvalue weighted by molar-refractivity contribution is 5.72. The van der Waals surface area contributed by atoms with Gasteiger partial charge in [0.15, 0.2) is 0 Å². The summed E-state index contributed by atoms with van der Waals surface area (Å²) in [5.74, 6) is -0.159. The molecule has 0 aromatic heterocycles. The summed E-state index contributed by atoms with van der Waals surface area (Å²) in [4.78, 5) is 14.0. The lowest BCUT2D eigenvalue weighted by molar-refractivity contribution is -0.149. The fourth-order valence-electron chi connectivity index (χ4n) is 2.80. The van der Waals surface area contributed by atoms with E-state index in [0.29, 0.717) is 13.2 Å². The SMILES string of the molecule is C=CCOC(=O)CN1C(C)(C)CCCC1(C)C. The maximum absolute atomic E-state index is 11.7. The number of likely N-dealkylation sites (tertiary alicyclic amines) is 1. The number of esters is 1. The highest BCUT2D eigenvalue weighted by atomic mass is 16.5. The van der Waals surface area contributed by atoms with Gasteiger partial charge in [0, 0.05) is 11.1 Å². The predicted octanol–water partition coefficient (Wildman–Crippen LogP) is 2.76. The third-order valence-electron chi connectivity index (χ3n) is 3.69. The van der Waals surface area contributed by atoms with Crippen molar-refractivity contribution >= 4 is 5.97 Å². The second-order valence-corrected chi connectivity index (χ2v) is 6.04. The fourth-order valence-corrected chi connectivity index (χ4v) is 2.80. The number of carbonyl (C=O) groups excluding carboxylic acids is 1. The number of piperidine rings is 1. The van der Waals surface area contributed by atoms with Gasteiger partial charge in [0.05, 0.1) is 6.54 Å². The third-order valence-corrected chi connectivity index (χ3v) is 3.69. The molecule has 1 aliphatic heterocycles. The van der Waals surface area contributed by atoms with Gasteiger partial charge in [-0.3, -0.25) is 9.69 Å². The van der Waals surface area contributed by atoms with Gasteiger partial charge in [-0.05, 0) is 47.0 Å². The Morgan fingerprint density at radius 3 is 2.29 bits per heavy atom. The molecule has 0 amide bonds. The van der Waals surface area contributed by atoms with Crippen molar-refractivity contribution < 1.29 is 9.53 Å². The Hall–Kier alpha value is -0.830. The minimum atomic E-state index is -0.159. The quantitative estimate of drug-likeness (QED) is 0.558. The van der Waals surface area contributed by atoms with Gasteiger partial charge in [0.2, 0.25) is 0 Å². The van der Waals surface area contributed by atoms with Gasteiger partial charge in [-0.1, -0.05) is 12.7 Å². The van der Waals surface area contributed by atoms with Crippen molar-refractivity contribution in [2.75, 3.05) is 13.2 Å². The van der Waals surface area contributed by atoms with Crippen molar-refractivity contribution in [1.82, 2.24) is 4.90 Å². The molecule has 17 heavy (non-hydrogen) atoms. The first-order chi connectivity index (χ1) is 7.79. The molecule has 1 saturated heterocycles. The Balaban J connectivity index is 2.70. The van der Waals surface area contributed by atoms with Crippen LogP contribution in [0.25, 0.3) is 0 Å². The van der Waals surface area contributed by atoms with E-state index in [0.717, 1.165) is 12.8 Å². The van der Waals surface area contributed by atoms with Gasteiger partial charge in [0.25, 0.3) is 0 Å². The average molecular weight is 239 g/mol. The molecule has 1 rings (SSSR count). The number of hydrogen-bond acceptors (Lipinski definition) is 3. The first-order valence-electron chi connectivity index (χ1n) is 6.34. The zero-order valence-corrected chi connectivity index (χ0v) is 11.6. The average Bonchev–Trinajstić information content (AvgIpc) is 2.20. The third kappa shape index (κ3) is 3.56. The molecule has 1 fully saturated rings. The Morgan fingerprint density at radius 1 is 1.29 bits per heavy atom. The fraction of sp³-hybridized carbons (Fsp3) is 0.786. The largest absolute Gasteiger partial charge is 0.461 e. The molecule has 3 heteroatoms. The number of carbonyl (C=O) groups is 1. The minimum Gasteiger partial charge on any atom is -0.461 e. The monoisotopic (exact) mass is 239 g/mol. The molecular formula is C14H25NO2. The highest BCUT2D eigenvalue weighted by Crippen LogP contribution is 2.37. The lowest BCUT2D eigenvalue weighted by Gasteiger charge is -2.52. The van der Waals surface area contributed by atoms with Crippen LogP contribution in [0.1, 0.15) is 47.0 Å². The van der Waals surface area contributed by atoms with Crippen molar-refractivity contribution in [3.05, 3.63) is 12.7 Å². The number of ether oxygens (including phenoxy) is 1. The molecule has 0 saturated carbocycles. The van der Waals surface area contributed by atoms with Crippen LogP contribution < -0.4 is 0 Å². The van der Waals surface area contributed by atoms with Gasteiger partial charge >= 0.3 is 5.97 Å². The smallest absolute Gasteiger partial charge is 0.320 e. The first kappa shape index (κ1) is 14.2. The van der Waals surface area contributed by atoms with E-state index in [9.17, 15) is 4.79 Å². The molecule has 0 bridgehead atoms. The maximum Gasteiger partial charge on any atom is 0.320 e. The molecule has 98 valence electrons. The molecule has 0 unspecified atom stereocenters. The summed E-state index contributed by atoms with van der Waals surface area (Å²) in [6.45, 7) is 13.0. The normalized spacial score (nSPS) is 23.1. The number of nitrogens with zero attached hydrogens (tertiary/aromatic N) is 1. The van der Waals surface area contributed by atoms with Crippen LogP contribution in [0, 0.1) is 0 Å². The molecule has 0 radical (unpaired) electrons. The van der Waals surface area contributed by atoms with Crippen LogP contribution in [0.15, 0.2) is 12.7 Å². The van der Waals surface area contributed by atoms with Gasteiger partial charge in [-0.2, -0.15) is 0 Å². The number of rotatable bonds is 4. The van der Waals surface area contributed by atoms with Gasteiger partial charge in [-0.25, -0.2) is 0 Å². The molecule has 1 heterocycles. The Bertz CT molecular complexity index is 279. The summed E-state index contributed by atoms with van der Waals surface area (Å²) in [7, 11) is 0. The molecule has 0 atom stereocenters. The predicted molar refractivity (Wildman–Crippen MR) is 69.9 cm³/mol. The molecule has 0 aromatic rings. The van der Waals surface area contributed by atoms with Crippen LogP contribution in [-0.4, -0.2) is 35.1 Å². The van der Waals surface area contributed by atoms with E-state index in [1.54, 1.807) is 6.08 Å². The van der Waals surface area contributed by atoms with Crippen LogP contribution in [0.4, 0.5) is 0 Å². The molecule has 0 spiro atoms. The summed E-state index contributed by atoms with van der Waals surface area (Å²) in [5.41, 5.74) is 0.129. The zero-order valence-electron chi connectivity index (χ0n) is 11.6. The molecule has 3 nitrogen and oxygen atoms in total. The van der Waals surface area contributed by atoms with E-state index in [2.05, 4.69) is 39.2 Å². The van der Waals surface area contributed by atoms with Crippen molar-refractivity contribution in [3.8, 4) is 0 Å². The van der Waals surface area contributed by atoms with Crippen LogP contribution in [0.3, 0.4) is 0 Å². The Morgan fingerprint density at radius 2 is 1.82 bits per heavy atom. The van der Waals surface area contributed by atoms with Crippen LogP contribution in [0.2, 0.25) is 0 Å². The maximum atomic E-state index is 11.7. The van der Waals surface area contributed by atoms with Crippen molar-refractivity contribution in [1.29, 1.82) is 0 Å². The van der Waals surface area contributed by atoms with E-state index in [-0.39, 0.29) is 17.0 Å². The standard InChI is InChI=1S/C14H25NO2/c1-6-10-17-12(16)11-15-13(2,3)8-7-9-14(15,4)5/h6H,1,7-11H2,2-5H3. The number of hydrogen-bond donors (Lipinski definition) is 0. The zero-order chi connectivity index (χ0) is 13.1. The Kier molecular flexibility index (Phi) is 4.36. The van der Waals surface area contributed by atoms with E-state index >= 15 is 0 Å². The summed E-state index contributed by atoms with van der Waals surface area (Å²) >= 11 is 0. The highest BCUT2D eigenvalue weighted by Gasteiger charge is 2.42.